The molecule has 0 unspecified atom stereocenters. The van der Waals surface area contributed by atoms with Crippen LogP contribution in [0.25, 0.3) is 11.4 Å². The highest BCUT2D eigenvalue weighted by atomic mass is 35.7. The van der Waals surface area contributed by atoms with E-state index in [-0.39, 0.29) is 5.16 Å². The van der Waals surface area contributed by atoms with Crippen molar-refractivity contribution in [3.8, 4) is 11.4 Å². The molecule has 0 atom stereocenters. The van der Waals surface area contributed by atoms with Crippen molar-refractivity contribution in [2.75, 3.05) is 0 Å². The van der Waals surface area contributed by atoms with Gasteiger partial charge in [-0.25, -0.2) is 8.42 Å². The van der Waals surface area contributed by atoms with Crippen LogP contribution in [0.3, 0.4) is 0 Å². The van der Waals surface area contributed by atoms with Crippen molar-refractivity contribution in [3.63, 3.8) is 0 Å². The Labute approximate surface area is 123 Å². The van der Waals surface area contributed by atoms with Crippen molar-refractivity contribution < 1.29 is 8.42 Å². The molecule has 0 N–H and O–H groups in total. The molecular weight excluding hydrogens is 298 g/mol. The highest BCUT2D eigenvalue weighted by molar-refractivity contribution is 8.13. The number of benzene rings is 1. The number of nitrogens with zero attached hydrogens (tertiary/aromatic N) is 3. The summed E-state index contributed by atoms with van der Waals surface area (Å²) < 4.78 is 24.9. The number of halogens is 1. The Morgan fingerprint density at radius 2 is 1.85 bits per heavy atom. The molecule has 0 aliphatic carbocycles. The lowest BCUT2D eigenvalue weighted by Gasteiger charge is -2.24. The zero-order valence-corrected chi connectivity index (χ0v) is 13.3. The topological polar surface area (TPSA) is 64.8 Å². The molecule has 2 aromatic rings. The fraction of sp³-hybridized carbons (Fsp3) is 0.385. The first-order valence-corrected chi connectivity index (χ1v) is 8.39. The highest BCUT2D eigenvalue weighted by Gasteiger charge is 2.30. The van der Waals surface area contributed by atoms with Gasteiger partial charge in [-0.3, -0.25) is 4.57 Å². The maximum Gasteiger partial charge on any atom is 0.296 e. The van der Waals surface area contributed by atoms with Crippen LogP contribution in [0.2, 0.25) is 0 Å². The molecule has 1 aromatic heterocycles. The van der Waals surface area contributed by atoms with Gasteiger partial charge in [-0.05, 0) is 33.8 Å². The summed E-state index contributed by atoms with van der Waals surface area (Å²) in [6.45, 7) is 7.59. The first-order valence-electron chi connectivity index (χ1n) is 6.08. The Morgan fingerprint density at radius 1 is 1.20 bits per heavy atom. The van der Waals surface area contributed by atoms with Crippen molar-refractivity contribution in [1.82, 2.24) is 14.8 Å². The summed E-state index contributed by atoms with van der Waals surface area (Å²) in [5, 5.41) is 7.53. The molecule has 1 aromatic carbocycles. The van der Waals surface area contributed by atoms with Crippen molar-refractivity contribution in [1.29, 1.82) is 0 Å². The Balaban J connectivity index is 2.76. The second-order valence-electron chi connectivity index (χ2n) is 5.62. The molecule has 0 spiro atoms. The van der Waals surface area contributed by atoms with Gasteiger partial charge >= 0.3 is 0 Å². The molecule has 0 saturated heterocycles. The number of hydrogen-bond donors (Lipinski definition) is 0. The second kappa shape index (κ2) is 4.86. The summed E-state index contributed by atoms with van der Waals surface area (Å²) >= 11 is 0. The molecule has 0 amide bonds. The lowest BCUT2D eigenvalue weighted by molar-refractivity contribution is 0.367. The van der Waals surface area contributed by atoms with E-state index in [9.17, 15) is 8.42 Å². The minimum atomic E-state index is -3.95. The van der Waals surface area contributed by atoms with Gasteiger partial charge in [0.15, 0.2) is 5.82 Å². The van der Waals surface area contributed by atoms with E-state index in [0.29, 0.717) is 5.82 Å². The van der Waals surface area contributed by atoms with E-state index in [1.165, 1.54) is 0 Å². The molecular formula is C13H16ClN3O2S. The van der Waals surface area contributed by atoms with Crippen LogP contribution in [0.15, 0.2) is 29.4 Å². The van der Waals surface area contributed by atoms with Crippen LogP contribution < -0.4 is 0 Å². The number of aryl methyl sites for hydroxylation is 1. The molecule has 0 aliphatic rings. The van der Waals surface area contributed by atoms with Gasteiger partial charge in [0.05, 0.1) is 0 Å². The first-order chi connectivity index (χ1) is 9.10. The third-order valence-corrected chi connectivity index (χ3v) is 3.91. The van der Waals surface area contributed by atoms with Gasteiger partial charge < -0.3 is 0 Å². The standard InChI is InChI=1S/C13H16ClN3O2S/c1-9-6-5-7-10(8-9)11-15-16-12(20(14,18)19)17(11)13(2,3)4/h5-8H,1-4H3. The molecule has 0 bridgehead atoms. The van der Waals surface area contributed by atoms with Crippen molar-refractivity contribution in [3.05, 3.63) is 29.8 Å². The first kappa shape index (κ1) is 15.0. The largest absolute Gasteiger partial charge is 0.296 e. The molecule has 0 saturated carbocycles. The fourth-order valence-corrected chi connectivity index (χ4v) is 3.02. The summed E-state index contributed by atoms with van der Waals surface area (Å²) in [7, 11) is 1.50. The van der Waals surface area contributed by atoms with Gasteiger partial charge in [-0.1, -0.05) is 23.8 Å². The SMILES string of the molecule is Cc1cccc(-c2nnc(S(=O)(=O)Cl)n2C(C)(C)C)c1. The Hall–Kier alpha value is -1.40. The van der Waals surface area contributed by atoms with Crippen LogP contribution in [0.4, 0.5) is 0 Å². The van der Waals surface area contributed by atoms with Crippen molar-refractivity contribution >= 4 is 19.7 Å². The van der Waals surface area contributed by atoms with Gasteiger partial charge in [0.1, 0.15) is 0 Å². The van der Waals surface area contributed by atoms with Crippen LogP contribution in [-0.2, 0) is 14.6 Å². The third-order valence-electron chi connectivity index (χ3n) is 2.80. The fourth-order valence-electron chi connectivity index (χ4n) is 2.00. The predicted molar refractivity (Wildman–Crippen MR) is 78.2 cm³/mol. The van der Waals surface area contributed by atoms with E-state index < -0.39 is 14.6 Å². The van der Waals surface area contributed by atoms with E-state index in [2.05, 4.69) is 10.2 Å². The Morgan fingerprint density at radius 3 is 2.35 bits per heavy atom. The third kappa shape index (κ3) is 2.86. The van der Waals surface area contributed by atoms with Gasteiger partial charge in [-0.2, -0.15) is 0 Å². The molecule has 1 heterocycles. The average molecular weight is 314 g/mol. The van der Waals surface area contributed by atoms with Crippen LogP contribution in [0.1, 0.15) is 26.3 Å². The maximum atomic E-state index is 11.7. The molecule has 5 nitrogen and oxygen atoms in total. The van der Waals surface area contributed by atoms with Crippen molar-refractivity contribution in [2.24, 2.45) is 0 Å². The normalized spacial score (nSPS) is 12.7. The lowest BCUT2D eigenvalue weighted by Crippen LogP contribution is -2.25. The van der Waals surface area contributed by atoms with Crippen LogP contribution in [0, 0.1) is 6.92 Å². The van der Waals surface area contributed by atoms with Gasteiger partial charge in [0.2, 0.25) is 0 Å². The number of rotatable bonds is 2. The van der Waals surface area contributed by atoms with E-state index in [1.54, 1.807) is 4.57 Å². The summed E-state index contributed by atoms with van der Waals surface area (Å²) in [6, 6.07) is 7.64. The smallest absolute Gasteiger partial charge is 0.291 e. The average Bonchev–Trinajstić information content (AvgIpc) is 2.72. The van der Waals surface area contributed by atoms with E-state index in [4.69, 9.17) is 10.7 Å². The molecule has 0 radical (unpaired) electrons. The zero-order valence-electron chi connectivity index (χ0n) is 11.8. The van der Waals surface area contributed by atoms with E-state index >= 15 is 0 Å². The summed E-state index contributed by atoms with van der Waals surface area (Å²) in [5.41, 5.74) is 1.35. The van der Waals surface area contributed by atoms with Gasteiger partial charge in [0.25, 0.3) is 14.2 Å². The van der Waals surface area contributed by atoms with Gasteiger partial charge in [-0.15, -0.1) is 10.2 Å². The Bertz CT molecular complexity index is 745. The second-order valence-corrected chi connectivity index (χ2v) is 8.08. The van der Waals surface area contributed by atoms with Crippen LogP contribution in [-0.4, -0.2) is 23.2 Å². The molecule has 7 heteroatoms. The minimum Gasteiger partial charge on any atom is -0.291 e. The maximum absolute atomic E-state index is 11.7. The zero-order chi connectivity index (χ0) is 15.1. The quantitative estimate of drug-likeness (QED) is 0.800. The van der Waals surface area contributed by atoms with E-state index in [1.807, 2.05) is 52.0 Å². The molecule has 108 valence electrons. The molecule has 20 heavy (non-hydrogen) atoms. The van der Waals surface area contributed by atoms with E-state index in [0.717, 1.165) is 11.1 Å². The van der Waals surface area contributed by atoms with Crippen molar-refractivity contribution in [2.45, 2.75) is 38.4 Å². The molecule has 0 aliphatic heterocycles. The lowest BCUT2D eigenvalue weighted by atomic mass is 10.1. The predicted octanol–water partition coefficient (Wildman–Crippen LogP) is 2.94. The van der Waals surface area contributed by atoms with Crippen LogP contribution in [0.5, 0.6) is 0 Å². The summed E-state index contributed by atoms with van der Waals surface area (Å²) in [6.07, 6.45) is 0. The summed E-state index contributed by atoms with van der Waals surface area (Å²) in [4.78, 5) is 0. The van der Waals surface area contributed by atoms with Gasteiger partial charge in [0, 0.05) is 21.8 Å². The molecule has 0 fully saturated rings. The number of aromatic nitrogens is 3. The Kier molecular flexibility index (Phi) is 3.64. The molecule has 2 rings (SSSR count). The summed E-state index contributed by atoms with van der Waals surface area (Å²) in [5.74, 6) is 0.487. The monoisotopic (exact) mass is 313 g/mol. The highest BCUT2D eigenvalue weighted by Crippen LogP contribution is 2.29. The minimum absolute atomic E-state index is 0.233. The number of hydrogen-bond acceptors (Lipinski definition) is 4. The van der Waals surface area contributed by atoms with Crippen LogP contribution >= 0.6 is 10.7 Å².